The number of oxazole rings is 1. The van der Waals surface area contributed by atoms with Crippen LogP contribution in [-0.2, 0) is 0 Å². The third-order valence-corrected chi connectivity index (χ3v) is 2.77. The number of nitrogens with zero attached hydrogens (tertiary/aromatic N) is 3. The Hall–Kier alpha value is -3.07. The van der Waals surface area contributed by atoms with Gasteiger partial charge < -0.3 is 4.42 Å². The number of benzene rings is 1. The van der Waals surface area contributed by atoms with Crippen molar-refractivity contribution in [1.82, 2.24) is 9.97 Å². The Morgan fingerprint density at radius 2 is 1.90 bits per heavy atom. The SMILES string of the molecule is N#Cc1cc(F)cc(-c2nc(-c3ccc(F)cn3)co2)c1. The Morgan fingerprint density at radius 3 is 2.62 bits per heavy atom. The number of halogens is 2. The summed E-state index contributed by atoms with van der Waals surface area (Å²) in [7, 11) is 0. The van der Waals surface area contributed by atoms with Gasteiger partial charge >= 0.3 is 0 Å². The van der Waals surface area contributed by atoms with E-state index >= 15 is 0 Å². The van der Waals surface area contributed by atoms with Crippen molar-refractivity contribution in [2.45, 2.75) is 0 Å². The molecule has 0 fully saturated rings. The van der Waals surface area contributed by atoms with Gasteiger partial charge in [-0.3, -0.25) is 4.98 Å². The molecule has 0 amide bonds. The first-order chi connectivity index (χ1) is 10.2. The molecule has 3 rings (SSSR count). The van der Waals surface area contributed by atoms with Gasteiger partial charge in [0.25, 0.3) is 0 Å². The van der Waals surface area contributed by atoms with Crippen LogP contribution in [-0.4, -0.2) is 9.97 Å². The predicted molar refractivity (Wildman–Crippen MR) is 69.8 cm³/mol. The molecular weight excluding hydrogens is 276 g/mol. The standard InChI is InChI=1S/C15H7F2N3O/c16-11-1-2-13(19-7-11)14-8-21-15(20-14)10-3-9(6-18)4-12(17)5-10/h1-5,7-8H. The molecule has 0 aliphatic rings. The molecule has 2 aromatic heterocycles. The molecule has 0 unspecified atom stereocenters. The molecule has 0 aliphatic heterocycles. The second kappa shape index (κ2) is 5.13. The Morgan fingerprint density at radius 1 is 1.05 bits per heavy atom. The van der Waals surface area contributed by atoms with Gasteiger partial charge in [0, 0.05) is 5.56 Å². The van der Waals surface area contributed by atoms with Crippen molar-refractivity contribution < 1.29 is 13.2 Å². The van der Waals surface area contributed by atoms with E-state index in [1.54, 1.807) is 0 Å². The summed E-state index contributed by atoms with van der Waals surface area (Å²) in [5.41, 5.74) is 1.35. The van der Waals surface area contributed by atoms with Gasteiger partial charge in [-0.15, -0.1) is 0 Å². The molecule has 0 saturated carbocycles. The fraction of sp³-hybridized carbons (Fsp3) is 0. The van der Waals surface area contributed by atoms with Gasteiger partial charge in [0.2, 0.25) is 5.89 Å². The van der Waals surface area contributed by atoms with Crippen LogP contribution in [0.1, 0.15) is 5.56 Å². The highest BCUT2D eigenvalue weighted by molar-refractivity contribution is 5.61. The fourth-order valence-electron chi connectivity index (χ4n) is 1.83. The van der Waals surface area contributed by atoms with E-state index in [1.165, 1.54) is 30.5 Å². The molecule has 21 heavy (non-hydrogen) atoms. The number of rotatable bonds is 2. The molecule has 2 heterocycles. The number of aromatic nitrogens is 2. The first-order valence-electron chi connectivity index (χ1n) is 5.94. The first-order valence-corrected chi connectivity index (χ1v) is 5.94. The van der Waals surface area contributed by atoms with E-state index in [0.717, 1.165) is 12.3 Å². The third kappa shape index (κ3) is 2.62. The number of hydrogen-bond acceptors (Lipinski definition) is 4. The predicted octanol–water partition coefficient (Wildman–Crippen LogP) is 3.55. The lowest BCUT2D eigenvalue weighted by atomic mass is 10.1. The third-order valence-electron chi connectivity index (χ3n) is 2.77. The van der Waals surface area contributed by atoms with E-state index < -0.39 is 11.6 Å². The molecule has 0 spiro atoms. The van der Waals surface area contributed by atoms with Crippen LogP contribution in [0.2, 0.25) is 0 Å². The van der Waals surface area contributed by atoms with Crippen LogP contribution in [0.25, 0.3) is 22.8 Å². The van der Waals surface area contributed by atoms with E-state index in [1.807, 2.05) is 6.07 Å². The lowest BCUT2D eigenvalue weighted by Crippen LogP contribution is -1.86. The van der Waals surface area contributed by atoms with Crippen LogP contribution in [0.15, 0.2) is 47.2 Å². The van der Waals surface area contributed by atoms with Crippen molar-refractivity contribution >= 4 is 0 Å². The Bertz CT molecular complexity index is 835. The van der Waals surface area contributed by atoms with E-state index in [2.05, 4.69) is 9.97 Å². The number of pyridine rings is 1. The van der Waals surface area contributed by atoms with E-state index in [9.17, 15) is 8.78 Å². The molecule has 6 heteroatoms. The van der Waals surface area contributed by atoms with Gasteiger partial charge in [0.1, 0.15) is 23.6 Å². The van der Waals surface area contributed by atoms with Crippen molar-refractivity contribution in [3.63, 3.8) is 0 Å². The summed E-state index contributed by atoms with van der Waals surface area (Å²) in [6.45, 7) is 0. The normalized spacial score (nSPS) is 10.3. The second-order valence-corrected chi connectivity index (χ2v) is 4.24. The molecule has 0 saturated heterocycles. The summed E-state index contributed by atoms with van der Waals surface area (Å²) >= 11 is 0. The van der Waals surface area contributed by atoms with E-state index in [0.29, 0.717) is 17.0 Å². The maximum Gasteiger partial charge on any atom is 0.226 e. The number of hydrogen-bond donors (Lipinski definition) is 0. The van der Waals surface area contributed by atoms with Gasteiger partial charge in [0.15, 0.2) is 0 Å². The average molecular weight is 283 g/mol. The van der Waals surface area contributed by atoms with Gasteiger partial charge in [-0.25, -0.2) is 13.8 Å². The molecule has 0 radical (unpaired) electrons. The topological polar surface area (TPSA) is 62.7 Å². The summed E-state index contributed by atoms with van der Waals surface area (Å²) < 4.78 is 31.5. The molecule has 0 aliphatic carbocycles. The second-order valence-electron chi connectivity index (χ2n) is 4.24. The molecule has 0 atom stereocenters. The Labute approximate surface area is 118 Å². The van der Waals surface area contributed by atoms with Crippen LogP contribution in [0.4, 0.5) is 8.78 Å². The van der Waals surface area contributed by atoms with Crippen LogP contribution in [0, 0.1) is 23.0 Å². The lowest BCUT2D eigenvalue weighted by molar-refractivity contribution is 0.572. The first kappa shape index (κ1) is 12.9. The molecule has 1 aromatic carbocycles. The molecule has 0 N–H and O–H groups in total. The van der Waals surface area contributed by atoms with Crippen LogP contribution in [0.5, 0.6) is 0 Å². The van der Waals surface area contributed by atoms with Crippen molar-refractivity contribution in [3.8, 4) is 28.9 Å². The quantitative estimate of drug-likeness (QED) is 0.721. The summed E-state index contributed by atoms with van der Waals surface area (Å²) in [6, 6.07) is 8.38. The van der Waals surface area contributed by atoms with Gasteiger partial charge in [0.05, 0.1) is 23.5 Å². The van der Waals surface area contributed by atoms with E-state index in [4.69, 9.17) is 9.68 Å². The zero-order chi connectivity index (χ0) is 14.8. The van der Waals surface area contributed by atoms with E-state index in [-0.39, 0.29) is 11.5 Å². The Kier molecular flexibility index (Phi) is 3.16. The molecule has 4 nitrogen and oxygen atoms in total. The van der Waals surface area contributed by atoms with Crippen LogP contribution < -0.4 is 0 Å². The average Bonchev–Trinajstić information content (AvgIpc) is 2.97. The molecule has 102 valence electrons. The van der Waals surface area contributed by atoms with Crippen molar-refractivity contribution in [2.75, 3.05) is 0 Å². The van der Waals surface area contributed by atoms with Crippen LogP contribution in [0.3, 0.4) is 0 Å². The van der Waals surface area contributed by atoms with Crippen molar-refractivity contribution in [1.29, 1.82) is 5.26 Å². The van der Waals surface area contributed by atoms with Crippen molar-refractivity contribution in [3.05, 3.63) is 60.0 Å². The van der Waals surface area contributed by atoms with Crippen LogP contribution >= 0.6 is 0 Å². The zero-order valence-electron chi connectivity index (χ0n) is 10.5. The summed E-state index contributed by atoms with van der Waals surface area (Å²) in [5.74, 6) is -0.845. The van der Waals surface area contributed by atoms with Gasteiger partial charge in [-0.2, -0.15) is 5.26 Å². The Balaban J connectivity index is 2.00. The minimum atomic E-state index is -0.552. The maximum absolute atomic E-state index is 13.4. The fourth-order valence-corrected chi connectivity index (χ4v) is 1.83. The van der Waals surface area contributed by atoms with Crippen molar-refractivity contribution in [2.24, 2.45) is 0 Å². The highest BCUT2D eigenvalue weighted by Crippen LogP contribution is 2.25. The molecule has 0 bridgehead atoms. The minimum Gasteiger partial charge on any atom is -0.444 e. The highest BCUT2D eigenvalue weighted by atomic mass is 19.1. The number of nitriles is 1. The van der Waals surface area contributed by atoms with Gasteiger partial charge in [-0.05, 0) is 30.3 Å². The summed E-state index contributed by atoms with van der Waals surface area (Å²) in [5, 5.41) is 8.83. The monoisotopic (exact) mass is 283 g/mol. The molecule has 3 aromatic rings. The molecular formula is C15H7F2N3O. The largest absolute Gasteiger partial charge is 0.444 e. The maximum atomic E-state index is 13.4. The highest BCUT2D eigenvalue weighted by Gasteiger charge is 2.11. The lowest BCUT2D eigenvalue weighted by Gasteiger charge is -1.97. The zero-order valence-corrected chi connectivity index (χ0v) is 10.5. The summed E-state index contributed by atoms with van der Waals surface area (Å²) in [6.07, 6.45) is 2.41. The van der Waals surface area contributed by atoms with Gasteiger partial charge in [-0.1, -0.05) is 0 Å². The summed E-state index contributed by atoms with van der Waals surface area (Å²) in [4.78, 5) is 8.05. The minimum absolute atomic E-state index is 0.159. The smallest absolute Gasteiger partial charge is 0.226 e.